The molecule has 1 aliphatic carbocycles. The van der Waals surface area contributed by atoms with Crippen LogP contribution in [0.2, 0.25) is 0 Å². The van der Waals surface area contributed by atoms with Gasteiger partial charge in [-0.15, -0.1) is 0 Å². The summed E-state index contributed by atoms with van der Waals surface area (Å²) in [6.07, 6.45) is 2.42. The number of hydrogen-bond acceptors (Lipinski definition) is 3. The van der Waals surface area contributed by atoms with Gasteiger partial charge < -0.3 is 0 Å². The molecule has 0 spiro atoms. The number of likely N-dealkylation sites (N-methyl/N-ethyl adjacent to an activating group) is 1. The van der Waals surface area contributed by atoms with Gasteiger partial charge in [0.15, 0.2) is 0 Å². The highest BCUT2D eigenvalue weighted by atomic mass is 79.9. The highest BCUT2D eigenvalue weighted by Crippen LogP contribution is 2.29. The molecule has 0 amide bonds. The second-order valence-corrected chi connectivity index (χ2v) is 9.07. The van der Waals surface area contributed by atoms with Crippen LogP contribution in [0.25, 0.3) is 0 Å². The number of nitrogens with one attached hydrogen (secondary N) is 1. The maximum Gasteiger partial charge on any atom is 0.241 e. The van der Waals surface area contributed by atoms with E-state index < -0.39 is 10.0 Å². The van der Waals surface area contributed by atoms with Crippen LogP contribution in [0, 0.1) is 6.92 Å². The SMILES string of the molecule is Cc1cc(Br)c(S(=O)(=O)NCC(C)N(C)C2CC2)cc1Br. The Morgan fingerprint density at radius 2 is 1.95 bits per heavy atom. The molecule has 0 aromatic heterocycles. The summed E-state index contributed by atoms with van der Waals surface area (Å²) in [5.41, 5.74) is 0.989. The molecular formula is C14H20Br2N2O2S. The summed E-state index contributed by atoms with van der Waals surface area (Å²) in [6, 6.07) is 4.24. The Kier molecular flexibility index (Phi) is 5.52. The van der Waals surface area contributed by atoms with E-state index in [1.807, 2.05) is 13.8 Å². The van der Waals surface area contributed by atoms with Crippen LogP contribution in [0.4, 0.5) is 0 Å². The molecule has 0 radical (unpaired) electrons. The number of nitrogens with zero attached hydrogens (tertiary/aromatic N) is 1. The number of hydrogen-bond donors (Lipinski definition) is 1. The van der Waals surface area contributed by atoms with E-state index in [0.717, 1.165) is 10.0 Å². The first-order valence-corrected chi connectivity index (χ1v) is 9.96. The van der Waals surface area contributed by atoms with Crippen molar-refractivity contribution in [2.75, 3.05) is 13.6 Å². The van der Waals surface area contributed by atoms with E-state index in [2.05, 4.69) is 48.5 Å². The van der Waals surface area contributed by atoms with E-state index >= 15 is 0 Å². The molecule has 1 N–H and O–H groups in total. The maximum atomic E-state index is 12.4. The van der Waals surface area contributed by atoms with Gasteiger partial charge in [-0.05, 0) is 67.4 Å². The first kappa shape index (κ1) is 17.4. The number of sulfonamides is 1. The molecule has 1 saturated carbocycles. The van der Waals surface area contributed by atoms with Crippen molar-refractivity contribution >= 4 is 41.9 Å². The summed E-state index contributed by atoms with van der Waals surface area (Å²) in [7, 11) is -1.47. The predicted octanol–water partition coefficient (Wildman–Crippen LogP) is 3.28. The van der Waals surface area contributed by atoms with Gasteiger partial charge in [0.1, 0.15) is 0 Å². The summed E-state index contributed by atoms with van der Waals surface area (Å²) >= 11 is 6.72. The standard InChI is InChI=1S/C14H20Br2N2O2S/c1-9-6-13(16)14(7-12(9)15)21(19,20)17-8-10(2)18(3)11-4-5-11/h6-7,10-11,17H,4-5,8H2,1-3H3. The molecule has 7 heteroatoms. The highest BCUT2D eigenvalue weighted by Gasteiger charge is 2.30. The molecule has 1 aliphatic rings. The minimum Gasteiger partial charge on any atom is -0.299 e. The maximum absolute atomic E-state index is 12.4. The summed E-state index contributed by atoms with van der Waals surface area (Å²) < 4.78 is 29.0. The van der Waals surface area contributed by atoms with E-state index in [9.17, 15) is 8.42 Å². The van der Waals surface area contributed by atoms with Gasteiger partial charge in [-0.25, -0.2) is 13.1 Å². The van der Waals surface area contributed by atoms with Crippen LogP contribution in [-0.2, 0) is 10.0 Å². The first-order valence-electron chi connectivity index (χ1n) is 6.89. The van der Waals surface area contributed by atoms with Crippen LogP contribution in [0.5, 0.6) is 0 Å². The number of halogens is 2. The molecule has 1 unspecified atom stereocenters. The molecular weight excluding hydrogens is 420 g/mol. The molecule has 4 nitrogen and oxygen atoms in total. The Labute approximate surface area is 143 Å². The van der Waals surface area contributed by atoms with E-state index in [0.29, 0.717) is 17.1 Å². The second-order valence-electron chi connectivity index (χ2n) is 5.63. The molecule has 1 aromatic rings. The molecule has 2 rings (SSSR count). The van der Waals surface area contributed by atoms with E-state index in [1.54, 1.807) is 12.1 Å². The van der Waals surface area contributed by atoms with Gasteiger partial charge in [-0.3, -0.25) is 4.90 Å². The lowest BCUT2D eigenvalue weighted by atomic mass is 10.2. The van der Waals surface area contributed by atoms with E-state index in [-0.39, 0.29) is 10.9 Å². The molecule has 118 valence electrons. The third-order valence-corrected chi connectivity index (χ3v) is 7.13. The quantitative estimate of drug-likeness (QED) is 0.739. The smallest absolute Gasteiger partial charge is 0.241 e. The fraction of sp³-hybridized carbons (Fsp3) is 0.571. The third kappa shape index (κ3) is 4.28. The zero-order valence-corrected chi connectivity index (χ0v) is 16.3. The lowest BCUT2D eigenvalue weighted by Crippen LogP contribution is -2.41. The number of rotatable bonds is 6. The predicted molar refractivity (Wildman–Crippen MR) is 92.0 cm³/mol. The van der Waals surface area contributed by atoms with Crippen LogP contribution < -0.4 is 4.72 Å². The fourth-order valence-corrected chi connectivity index (χ4v) is 4.92. The van der Waals surface area contributed by atoms with Crippen molar-refractivity contribution in [1.82, 2.24) is 9.62 Å². The van der Waals surface area contributed by atoms with Crippen LogP contribution in [-0.4, -0.2) is 39.0 Å². The van der Waals surface area contributed by atoms with Crippen molar-refractivity contribution in [2.24, 2.45) is 0 Å². The third-order valence-electron chi connectivity index (χ3n) is 3.89. The zero-order valence-electron chi connectivity index (χ0n) is 12.4. The van der Waals surface area contributed by atoms with Gasteiger partial charge >= 0.3 is 0 Å². The lowest BCUT2D eigenvalue weighted by molar-refractivity contribution is 0.248. The molecule has 21 heavy (non-hydrogen) atoms. The van der Waals surface area contributed by atoms with E-state index in [4.69, 9.17) is 0 Å². The van der Waals surface area contributed by atoms with Crippen LogP contribution in [0.3, 0.4) is 0 Å². The fourth-order valence-electron chi connectivity index (χ4n) is 2.13. The minimum absolute atomic E-state index is 0.180. The highest BCUT2D eigenvalue weighted by molar-refractivity contribution is 9.11. The van der Waals surface area contributed by atoms with Crippen LogP contribution in [0.15, 0.2) is 26.0 Å². The lowest BCUT2D eigenvalue weighted by Gasteiger charge is -2.24. The van der Waals surface area contributed by atoms with Crippen molar-refractivity contribution in [3.05, 3.63) is 26.6 Å². The van der Waals surface area contributed by atoms with E-state index in [1.165, 1.54) is 12.8 Å². The van der Waals surface area contributed by atoms with Crippen LogP contribution in [0.1, 0.15) is 25.3 Å². The summed E-state index contributed by atoms with van der Waals surface area (Å²) in [5, 5.41) is 0. The topological polar surface area (TPSA) is 49.4 Å². The Balaban J connectivity index is 2.09. The summed E-state index contributed by atoms with van der Waals surface area (Å²) in [5.74, 6) is 0. The summed E-state index contributed by atoms with van der Waals surface area (Å²) in [6.45, 7) is 4.37. The largest absolute Gasteiger partial charge is 0.299 e. The first-order chi connectivity index (χ1) is 9.72. The van der Waals surface area contributed by atoms with Gasteiger partial charge in [-0.2, -0.15) is 0 Å². The average Bonchev–Trinajstić information content (AvgIpc) is 3.23. The Morgan fingerprint density at radius 1 is 1.33 bits per heavy atom. The molecule has 0 aliphatic heterocycles. The average molecular weight is 440 g/mol. The molecule has 1 atom stereocenters. The zero-order chi connectivity index (χ0) is 15.8. The molecule has 0 heterocycles. The van der Waals surface area contributed by atoms with Crippen molar-refractivity contribution in [1.29, 1.82) is 0 Å². The summed E-state index contributed by atoms with van der Waals surface area (Å²) in [4.78, 5) is 2.50. The molecule has 0 saturated heterocycles. The van der Waals surface area contributed by atoms with Crippen molar-refractivity contribution < 1.29 is 8.42 Å². The monoisotopic (exact) mass is 438 g/mol. The van der Waals surface area contributed by atoms with Crippen molar-refractivity contribution in [3.63, 3.8) is 0 Å². The van der Waals surface area contributed by atoms with Gasteiger partial charge in [0.05, 0.1) is 4.90 Å². The number of benzene rings is 1. The van der Waals surface area contributed by atoms with Crippen molar-refractivity contribution in [2.45, 2.75) is 43.7 Å². The van der Waals surface area contributed by atoms with Crippen LogP contribution >= 0.6 is 31.9 Å². The Bertz CT molecular complexity index is 630. The normalized spacial score (nSPS) is 17.2. The van der Waals surface area contributed by atoms with Gasteiger partial charge in [-0.1, -0.05) is 15.9 Å². The van der Waals surface area contributed by atoms with Gasteiger partial charge in [0.25, 0.3) is 0 Å². The minimum atomic E-state index is -3.52. The van der Waals surface area contributed by atoms with Gasteiger partial charge in [0, 0.05) is 27.6 Å². The molecule has 1 fully saturated rings. The second kappa shape index (κ2) is 6.66. The molecule has 1 aromatic carbocycles. The van der Waals surface area contributed by atoms with Crippen molar-refractivity contribution in [3.8, 4) is 0 Å². The Morgan fingerprint density at radius 3 is 2.52 bits per heavy atom. The Hall–Kier alpha value is 0.0500. The molecule has 0 bridgehead atoms. The number of aryl methyl sites for hydroxylation is 1. The van der Waals surface area contributed by atoms with Gasteiger partial charge in [0.2, 0.25) is 10.0 Å².